The maximum atomic E-state index is 5.46. The third kappa shape index (κ3) is 3.75. The van der Waals surface area contributed by atoms with Crippen molar-refractivity contribution in [1.29, 1.82) is 0 Å². The lowest BCUT2D eigenvalue weighted by molar-refractivity contribution is 0.222. The number of ether oxygens (including phenoxy) is 1. The number of aromatic nitrogens is 6. The molecule has 4 N–H and O–H groups in total. The van der Waals surface area contributed by atoms with E-state index in [0.29, 0.717) is 5.95 Å². The van der Waals surface area contributed by atoms with Gasteiger partial charge in [0.05, 0.1) is 12.1 Å². The van der Waals surface area contributed by atoms with E-state index in [4.69, 9.17) is 10.6 Å². The van der Waals surface area contributed by atoms with Crippen molar-refractivity contribution in [3.63, 3.8) is 0 Å². The molecule has 0 spiro atoms. The van der Waals surface area contributed by atoms with Crippen LogP contribution in [0.5, 0.6) is 6.01 Å². The molecule has 0 fully saturated rings. The lowest BCUT2D eigenvalue weighted by Crippen LogP contribution is -2.18. The molecule has 2 rings (SSSR count). The van der Waals surface area contributed by atoms with Gasteiger partial charge in [0.25, 0.3) is 0 Å². The smallest absolute Gasteiger partial charge is 0.323 e. The second kappa shape index (κ2) is 6.31. The second-order valence-corrected chi connectivity index (χ2v) is 4.74. The van der Waals surface area contributed by atoms with Gasteiger partial charge in [0.2, 0.25) is 11.9 Å². The van der Waals surface area contributed by atoms with Gasteiger partial charge >= 0.3 is 6.01 Å². The van der Waals surface area contributed by atoms with E-state index in [-0.39, 0.29) is 24.1 Å². The Morgan fingerprint density at radius 1 is 1.19 bits per heavy atom. The summed E-state index contributed by atoms with van der Waals surface area (Å²) < 4.78 is 7.27. The standard InChI is InChI=1S/C11H19N9O/c1-6(2)21-11-16-9(15-10(17-11)18-12)14-7(3)8-19-13-5-20(8)4/h5-7H,12H2,1-4H3,(H2,14,15,16,17,18). The summed E-state index contributed by atoms with van der Waals surface area (Å²) in [4.78, 5) is 12.4. The fraction of sp³-hybridized carbons (Fsp3) is 0.545. The molecule has 0 saturated heterocycles. The molecule has 0 bridgehead atoms. The number of hydrogen-bond donors (Lipinski definition) is 3. The van der Waals surface area contributed by atoms with Gasteiger partial charge in [0.1, 0.15) is 6.33 Å². The molecule has 10 nitrogen and oxygen atoms in total. The lowest BCUT2D eigenvalue weighted by Gasteiger charge is -2.14. The molecule has 0 radical (unpaired) electrons. The average Bonchev–Trinajstić information content (AvgIpc) is 2.83. The monoisotopic (exact) mass is 293 g/mol. The number of aryl methyl sites for hydroxylation is 1. The molecule has 0 aromatic carbocycles. The SMILES string of the molecule is CC(C)Oc1nc(NN)nc(NC(C)c2nncn2C)n1. The molecule has 1 atom stereocenters. The Balaban J connectivity index is 2.20. The molecule has 0 saturated carbocycles. The van der Waals surface area contributed by atoms with E-state index >= 15 is 0 Å². The molecule has 10 heteroatoms. The van der Waals surface area contributed by atoms with Crippen molar-refractivity contribution in [3.05, 3.63) is 12.2 Å². The largest absolute Gasteiger partial charge is 0.461 e. The molecule has 0 aliphatic heterocycles. The summed E-state index contributed by atoms with van der Waals surface area (Å²) >= 11 is 0. The molecule has 2 aromatic rings. The van der Waals surface area contributed by atoms with Gasteiger partial charge in [-0.05, 0) is 20.8 Å². The Morgan fingerprint density at radius 3 is 2.48 bits per heavy atom. The van der Waals surface area contributed by atoms with Crippen molar-refractivity contribution < 1.29 is 4.74 Å². The van der Waals surface area contributed by atoms with Crippen molar-refractivity contribution in [1.82, 2.24) is 29.7 Å². The molecular weight excluding hydrogens is 274 g/mol. The summed E-state index contributed by atoms with van der Waals surface area (Å²) in [6, 6.07) is 0.0537. The molecule has 21 heavy (non-hydrogen) atoms. The number of nitrogens with two attached hydrogens (primary N) is 1. The summed E-state index contributed by atoms with van der Waals surface area (Å²) in [6.45, 7) is 5.69. The van der Waals surface area contributed by atoms with Crippen molar-refractivity contribution in [3.8, 4) is 6.01 Å². The topological polar surface area (TPSA) is 129 Å². The highest BCUT2D eigenvalue weighted by Gasteiger charge is 2.15. The molecule has 1 unspecified atom stereocenters. The van der Waals surface area contributed by atoms with Gasteiger partial charge in [0, 0.05) is 7.05 Å². The molecule has 114 valence electrons. The van der Waals surface area contributed by atoms with E-state index in [1.807, 2.05) is 32.4 Å². The number of hydrogen-bond acceptors (Lipinski definition) is 9. The first-order valence-corrected chi connectivity index (χ1v) is 6.49. The zero-order valence-electron chi connectivity index (χ0n) is 12.4. The minimum atomic E-state index is -0.141. The van der Waals surface area contributed by atoms with Crippen LogP contribution in [0.2, 0.25) is 0 Å². The highest BCUT2D eigenvalue weighted by molar-refractivity contribution is 5.36. The highest BCUT2D eigenvalue weighted by Crippen LogP contribution is 2.17. The summed E-state index contributed by atoms with van der Waals surface area (Å²) in [7, 11) is 1.86. The van der Waals surface area contributed by atoms with Gasteiger partial charge in [-0.15, -0.1) is 10.2 Å². The molecule has 2 heterocycles. The van der Waals surface area contributed by atoms with Crippen LogP contribution < -0.4 is 21.3 Å². The van der Waals surface area contributed by atoms with Crippen LogP contribution in [0.3, 0.4) is 0 Å². The lowest BCUT2D eigenvalue weighted by atomic mass is 10.3. The number of nitrogens with one attached hydrogen (secondary N) is 2. The Labute approximate surface area is 122 Å². The minimum Gasteiger partial charge on any atom is -0.461 e. The van der Waals surface area contributed by atoms with Crippen LogP contribution in [0, 0.1) is 0 Å². The maximum Gasteiger partial charge on any atom is 0.323 e. The number of anilines is 2. The number of nitrogens with zero attached hydrogens (tertiary/aromatic N) is 6. The summed E-state index contributed by atoms with van der Waals surface area (Å²) in [5.41, 5.74) is 2.38. The Hall–Kier alpha value is -2.49. The van der Waals surface area contributed by atoms with E-state index in [9.17, 15) is 0 Å². The van der Waals surface area contributed by atoms with E-state index in [2.05, 4.69) is 35.9 Å². The molecular formula is C11H19N9O. The third-order valence-electron chi connectivity index (χ3n) is 2.56. The van der Waals surface area contributed by atoms with Crippen LogP contribution in [0.4, 0.5) is 11.9 Å². The van der Waals surface area contributed by atoms with Crippen LogP contribution in [-0.2, 0) is 7.05 Å². The van der Waals surface area contributed by atoms with Crippen molar-refractivity contribution in [2.24, 2.45) is 12.9 Å². The number of hydrazine groups is 1. The van der Waals surface area contributed by atoms with Crippen LogP contribution in [0.25, 0.3) is 0 Å². The zero-order chi connectivity index (χ0) is 15.4. The minimum absolute atomic E-state index is 0.0537. The predicted molar refractivity (Wildman–Crippen MR) is 76.4 cm³/mol. The number of nitrogen functional groups attached to an aromatic ring is 1. The van der Waals surface area contributed by atoms with Crippen LogP contribution in [0.15, 0.2) is 6.33 Å². The fourth-order valence-corrected chi connectivity index (χ4v) is 1.69. The van der Waals surface area contributed by atoms with Gasteiger partial charge in [0.15, 0.2) is 5.82 Å². The van der Waals surface area contributed by atoms with E-state index < -0.39 is 0 Å². The molecule has 0 amide bonds. The second-order valence-electron chi connectivity index (χ2n) is 4.74. The van der Waals surface area contributed by atoms with Gasteiger partial charge < -0.3 is 14.6 Å². The van der Waals surface area contributed by atoms with Crippen LogP contribution in [-0.4, -0.2) is 35.8 Å². The predicted octanol–water partition coefficient (Wildman–Crippen LogP) is 0.246. The van der Waals surface area contributed by atoms with Gasteiger partial charge in [-0.2, -0.15) is 15.0 Å². The van der Waals surface area contributed by atoms with Gasteiger partial charge in [-0.3, -0.25) is 5.43 Å². The van der Waals surface area contributed by atoms with E-state index in [1.54, 1.807) is 6.33 Å². The quantitative estimate of drug-likeness (QED) is 0.506. The van der Waals surface area contributed by atoms with Gasteiger partial charge in [-0.1, -0.05) is 0 Å². The van der Waals surface area contributed by atoms with Crippen molar-refractivity contribution in [2.45, 2.75) is 32.9 Å². The Bertz CT molecular complexity index is 597. The number of rotatable bonds is 6. The first-order valence-electron chi connectivity index (χ1n) is 6.49. The molecule has 0 aliphatic carbocycles. The van der Waals surface area contributed by atoms with E-state index in [1.165, 1.54) is 0 Å². The van der Waals surface area contributed by atoms with Gasteiger partial charge in [-0.25, -0.2) is 5.84 Å². The summed E-state index contributed by atoms with van der Waals surface area (Å²) in [5.74, 6) is 6.66. The Morgan fingerprint density at radius 2 is 1.90 bits per heavy atom. The average molecular weight is 293 g/mol. The first-order chi connectivity index (χ1) is 9.99. The molecule has 2 aromatic heterocycles. The zero-order valence-corrected chi connectivity index (χ0v) is 12.4. The summed E-state index contributed by atoms with van der Waals surface area (Å²) in [5, 5.41) is 11.0. The molecule has 0 aliphatic rings. The van der Waals surface area contributed by atoms with Crippen molar-refractivity contribution in [2.75, 3.05) is 10.7 Å². The van der Waals surface area contributed by atoms with Crippen molar-refractivity contribution >= 4 is 11.9 Å². The summed E-state index contributed by atoms with van der Waals surface area (Å²) in [6.07, 6.45) is 1.57. The first kappa shape index (κ1) is 14.9. The van der Waals surface area contributed by atoms with Crippen LogP contribution in [0.1, 0.15) is 32.6 Å². The maximum absolute atomic E-state index is 5.46. The van der Waals surface area contributed by atoms with Crippen LogP contribution >= 0.6 is 0 Å². The third-order valence-corrected chi connectivity index (χ3v) is 2.56. The van der Waals surface area contributed by atoms with E-state index in [0.717, 1.165) is 5.82 Å². The normalized spacial score (nSPS) is 12.3. The highest BCUT2D eigenvalue weighted by atomic mass is 16.5. The fourth-order valence-electron chi connectivity index (χ4n) is 1.69. The Kier molecular flexibility index (Phi) is 4.48.